The number of nitrogens with zero attached hydrogens (tertiary/aromatic N) is 1. The minimum absolute atomic E-state index is 0.156. The molecule has 0 radical (unpaired) electrons. The molecule has 0 aliphatic heterocycles. The van der Waals surface area contributed by atoms with E-state index in [1.165, 1.54) is 18.2 Å². The summed E-state index contributed by atoms with van der Waals surface area (Å²) < 4.78 is 19.0. The maximum atomic E-state index is 13.5. The summed E-state index contributed by atoms with van der Waals surface area (Å²) in [4.78, 5) is 22.7. The number of anilines is 1. The monoisotopic (exact) mass is 346 g/mol. The van der Waals surface area contributed by atoms with Crippen molar-refractivity contribution in [3.8, 4) is 11.5 Å². The van der Waals surface area contributed by atoms with Gasteiger partial charge >= 0.3 is 5.69 Å². The van der Waals surface area contributed by atoms with Crippen LogP contribution in [0.1, 0.15) is 23.2 Å². The molecule has 1 fully saturated rings. The minimum Gasteiger partial charge on any atom is -0.502 e. The number of ether oxygens (including phenoxy) is 1. The third kappa shape index (κ3) is 3.85. The fraction of sp³-hybridized carbons (Fsp3) is 0.235. The quantitative estimate of drug-likeness (QED) is 0.616. The van der Waals surface area contributed by atoms with Crippen molar-refractivity contribution in [3.63, 3.8) is 0 Å². The molecule has 2 aromatic carbocycles. The van der Waals surface area contributed by atoms with Crippen molar-refractivity contribution in [1.29, 1.82) is 0 Å². The van der Waals surface area contributed by atoms with E-state index in [-0.39, 0.29) is 17.0 Å². The summed E-state index contributed by atoms with van der Waals surface area (Å²) in [5, 5.41) is 23.2. The second-order valence-corrected chi connectivity index (χ2v) is 5.78. The predicted octanol–water partition coefficient (Wildman–Crippen LogP) is 3.48. The van der Waals surface area contributed by atoms with Gasteiger partial charge in [-0.15, -0.1) is 0 Å². The first-order chi connectivity index (χ1) is 12.0. The number of halogens is 1. The van der Waals surface area contributed by atoms with E-state index in [2.05, 4.69) is 5.32 Å². The molecule has 1 aliphatic rings. The van der Waals surface area contributed by atoms with Gasteiger partial charge in [0.15, 0.2) is 5.75 Å². The van der Waals surface area contributed by atoms with E-state index in [0.29, 0.717) is 12.5 Å². The van der Waals surface area contributed by atoms with E-state index in [1.807, 2.05) is 0 Å². The zero-order chi connectivity index (χ0) is 18.0. The third-order valence-electron chi connectivity index (χ3n) is 3.81. The normalized spacial score (nSPS) is 13.3. The Morgan fingerprint density at radius 1 is 1.36 bits per heavy atom. The first-order valence-corrected chi connectivity index (χ1v) is 7.66. The van der Waals surface area contributed by atoms with E-state index in [9.17, 15) is 24.4 Å². The molecule has 8 heteroatoms. The highest BCUT2D eigenvalue weighted by Crippen LogP contribution is 2.34. The molecule has 0 unspecified atom stereocenters. The third-order valence-corrected chi connectivity index (χ3v) is 3.81. The molecule has 0 atom stereocenters. The van der Waals surface area contributed by atoms with Crippen LogP contribution < -0.4 is 10.1 Å². The van der Waals surface area contributed by atoms with E-state index in [1.54, 1.807) is 0 Å². The Hall–Kier alpha value is -3.16. The largest absolute Gasteiger partial charge is 0.502 e. The van der Waals surface area contributed by atoms with Gasteiger partial charge in [0.25, 0.3) is 5.91 Å². The molecular formula is C17H15FN2O5. The number of aromatic hydroxyl groups is 1. The Labute approximate surface area is 142 Å². The summed E-state index contributed by atoms with van der Waals surface area (Å²) in [7, 11) is 0. The maximum absolute atomic E-state index is 13.5. The lowest BCUT2D eigenvalue weighted by molar-refractivity contribution is -0.386. The average Bonchev–Trinajstić information content (AvgIpc) is 3.38. The van der Waals surface area contributed by atoms with E-state index in [0.717, 1.165) is 31.0 Å². The van der Waals surface area contributed by atoms with Crippen molar-refractivity contribution in [1.82, 2.24) is 0 Å². The number of nitro groups is 1. The number of para-hydroxylation sites is 1. The Balaban J connectivity index is 1.86. The number of hydrogen-bond donors (Lipinski definition) is 2. The topological polar surface area (TPSA) is 102 Å². The molecular weight excluding hydrogens is 331 g/mol. The van der Waals surface area contributed by atoms with Gasteiger partial charge in [0.2, 0.25) is 0 Å². The number of nitro benzene ring substituents is 1. The fourth-order valence-corrected chi connectivity index (χ4v) is 2.31. The van der Waals surface area contributed by atoms with Gasteiger partial charge in [0.1, 0.15) is 17.1 Å². The molecule has 2 N–H and O–H groups in total. The van der Waals surface area contributed by atoms with Crippen molar-refractivity contribution in [2.75, 3.05) is 11.9 Å². The molecule has 130 valence electrons. The Morgan fingerprint density at radius 2 is 2.12 bits per heavy atom. The van der Waals surface area contributed by atoms with Crippen LogP contribution in [0.15, 0.2) is 36.4 Å². The number of benzene rings is 2. The number of phenols is 1. The summed E-state index contributed by atoms with van der Waals surface area (Å²) in [5.41, 5.74) is -0.797. The smallest absolute Gasteiger partial charge is 0.323 e. The molecule has 2 aromatic rings. The van der Waals surface area contributed by atoms with Crippen LogP contribution in [0.5, 0.6) is 11.5 Å². The fourth-order valence-electron chi connectivity index (χ4n) is 2.31. The molecule has 0 heterocycles. The number of carbonyl (C=O) groups is 1. The zero-order valence-electron chi connectivity index (χ0n) is 13.1. The standard InChI is InChI=1S/C17H15FN2O5/c18-11-6-7-13(15(8-11)25-9-10-4-5-10)19-17(22)12-2-1-3-14(21)16(12)20(23)24/h1-3,6-8,10,21H,4-5,9H2,(H,19,22). The second kappa shape index (κ2) is 6.76. The molecule has 1 saturated carbocycles. The van der Waals surface area contributed by atoms with Crippen molar-refractivity contribution in [3.05, 3.63) is 57.9 Å². The number of amides is 1. The van der Waals surface area contributed by atoms with Crippen LogP contribution in [0.3, 0.4) is 0 Å². The lowest BCUT2D eigenvalue weighted by Crippen LogP contribution is -2.15. The molecule has 0 aromatic heterocycles. The highest BCUT2D eigenvalue weighted by Gasteiger charge is 2.26. The molecule has 1 amide bonds. The Morgan fingerprint density at radius 3 is 2.80 bits per heavy atom. The van der Waals surface area contributed by atoms with E-state index >= 15 is 0 Å². The summed E-state index contributed by atoms with van der Waals surface area (Å²) in [6.07, 6.45) is 2.10. The summed E-state index contributed by atoms with van der Waals surface area (Å²) in [6, 6.07) is 7.29. The van der Waals surface area contributed by atoms with Crippen LogP contribution >= 0.6 is 0 Å². The Bertz CT molecular complexity index is 836. The van der Waals surface area contributed by atoms with Crippen molar-refractivity contribution < 1.29 is 24.0 Å². The lowest BCUT2D eigenvalue weighted by atomic mass is 10.1. The van der Waals surface area contributed by atoms with Crippen LogP contribution in [-0.2, 0) is 0 Å². The molecule has 25 heavy (non-hydrogen) atoms. The lowest BCUT2D eigenvalue weighted by Gasteiger charge is -2.13. The number of hydrogen-bond acceptors (Lipinski definition) is 5. The zero-order valence-corrected chi connectivity index (χ0v) is 13.1. The molecule has 3 rings (SSSR count). The maximum Gasteiger partial charge on any atom is 0.323 e. The number of phenolic OH excluding ortho intramolecular Hbond substituents is 1. The van der Waals surface area contributed by atoms with Gasteiger partial charge in [-0.2, -0.15) is 0 Å². The highest BCUT2D eigenvalue weighted by molar-refractivity contribution is 6.08. The van der Waals surface area contributed by atoms with Crippen LogP contribution in [0, 0.1) is 21.8 Å². The van der Waals surface area contributed by atoms with Gasteiger partial charge in [0.05, 0.1) is 17.2 Å². The minimum atomic E-state index is -0.834. The first-order valence-electron chi connectivity index (χ1n) is 7.66. The first kappa shape index (κ1) is 16.7. The SMILES string of the molecule is O=C(Nc1ccc(F)cc1OCC1CC1)c1cccc(O)c1[N+](=O)[O-]. The van der Waals surface area contributed by atoms with Gasteiger partial charge in [-0.1, -0.05) is 6.07 Å². The summed E-state index contributed by atoms with van der Waals surface area (Å²) in [5.74, 6) is -1.35. The summed E-state index contributed by atoms with van der Waals surface area (Å²) >= 11 is 0. The van der Waals surface area contributed by atoms with Crippen LogP contribution in [0.25, 0.3) is 0 Å². The average molecular weight is 346 g/mol. The molecule has 0 bridgehead atoms. The summed E-state index contributed by atoms with van der Waals surface area (Å²) in [6.45, 7) is 0.415. The molecule has 0 saturated heterocycles. The Kier molecular flexibility index (Phi) is 4.51. The molecule has 7 nitrogen and oxygen atoms in total. The van der Waals surface area contributed by atoms with E-state index < -0.39 is 28.1 Å². The van der Waals surface area contributed by atoms with Gasteiger partial charge in [-0.3, -0.25) is 14.9 Å². The predicted molar refractivity (Wildman–Crippen MR) is 87.3 cm³/mol. The number of rotatable bonds is 6. The number of nitrogens with one attached hydrogen (secondary N) is 1. The van der Waals surface area contributed by atoms with Gasteiger partial charge < -0.3 is 15.2 Å². The van der Waals surface area contributed by atoms with Crippen LogP contribution in [-0.4, -0.2) is 22.5 Å². The van der Waals surface area contributed by atoms with Gasteiger partial charge in [-0.25, -0.2) is 4.39 Å². The van der Waals surface area contributed by atoms with Crippen LogP contribution in [0.4, 0.5) is 15.8 Å². The highest BCUT2D eigenvalue weighted by atomic mass is 19.1. The van der Waals surface area contributed by atoms with E-state index in [4.69, 9.17) is 4.74 Å². The van der Waals surface area contributed by atoms with Crippen LogP contribution in [0.2, 0.25) is 0 Å². The van der Waals surface area contributed by atoms with Crippen molar-refractivity contribution in [2.24, 2.45) is 5.92 Å². The van der Waals surface area contributed by atoms with Gasteiger partial charge in [0, 0.05) is 6.07 Å². The van der Waals surface area contributed by atoms with Gasteiger partial charge in [-0.05, 0) is 43.0 Å². The molecule has 1 aliphatic carbocycles. The van der Waals surface area contributed by atoms with Crippen molar-refractivity contribution in [2.45, 2.75) is 12.8 Å². The number of carbonyl (C=O) groups excluding carboxylic acids is 1. The van der Waals surface area contributed by atoms with Crippen molar-refractivity contribution >= 4 is 17.3 Å². The molecule has 0 spiro atoms. The second-order valence-electron chi connectivity index (χ2n) is 5.78.